The Morgan fingerprint density at radius 1 is 1.05 bits per heavy atom. The van der Waals surface area contributed by atoms with E-state index >= 15 is 0 Å². The maximum atomic E-state index is 12.9. The molecular weight excluding hydrogens is 243 g/mol. The van der Waals surface area contributed by atoms with Gasteiger partial charge in [0.25, 0.3) is 0 Å². The minimum Gasteiger partial charge on any atom is -0.497 e. The van der Waals surface area contributed by atoms with E-state index in [1.54, 1.807) is 25.4 Å². The van der Waals surface area contributed by atoms with Gasteiger partial charge in [-0.15, -0.1) is 0 Å². The standard InChI is InChI=1S/C15H11FN2O/c1-19-13-6-7-14-11(8-13)9-17-15(18-14)10-2-4-12(16)5-3-10/h2-9H,1H3. The zero-order chi connectivity index (χ0) is 13.2. The predicted molar refractivity (Wildman–Crippen MR) is 71.5 cm³/mol. The van der Waals surface area contributed by atoms with Crippen molar-refractivity contribution in [2.24, 2.45) is 0 Å². The summed E-state index contributed by atoms with van der Waals surface area (Å²) in [4.78, 5) is 8.75. The number of hydrogen-bond acceptors (Lipinski definition) is 3. The smallest absolute Gasteiger partial charge is 0.159 e. The van der Waals surface area contributed by atoms with Crippen molar-refractivity contribution in [3.63, 3.8) is 0 Å². The second-order valence-corrected chi connectivity index (χ2v) is 4.13. The molecule has 3 nitrogen and oxygen atoms in total. The van der Waals surface area contributed by atoms with Crippen LogP contribution >= 0.6 is 0 Å². The molecule has 94 valence electrons. The van der Waals surface area contributed by atoms with Gasteiger partial charge in [-0.25, -0.2) is 14.4 Å². The molecule has 0 amide bonds. The van der Waals surface area contributed by atoms with Crippen molar-refractivity contribution < 1.29 is 9.13 Å². The Balaban J connectivity index is 2.08. The van der Waals surface area contributed by atoms with Crippen molar-refractivity contribution in [1.29, 1.82) is 0 Å². The summed E-state index contributed by atoms with van der Waals surface area (Å²) in [5.41, 5.74) is 1.62. The van der Waals surface area contributed by atoms with Crippen LogP contribution in [-0.2, 0) is 0 Å². The second-order valence-electron chi connectivity index (χ2n) is 4.13. The van der Waals surface area contributed by atoms with Gasteiger partial charge in [0.2, 0.25) is 0 Å². The average Bonchev–Trinajstić information content (AvgIpc) is 2.47. The van der Waals surface area contributed by atoms with Gasteiger partial charge in [0.1, 0.15) is 11.6 Å². The first-order valence-corrected chi connectivity index (χ1v) is 5.83. The Kier molecular flexibility index (Phi) is 2.83. The van der Waals surface area contributed by atoms with E-state index in [9.17, 15) is 4.39 Å². The van der Waals surface area contributed by atoms with Gasteiger partial charge in [-0.1, -0.05) is 0 Å². The average molecular weight is 254 g/mol. The number of benzene rings is 2. The quantitative estimate of drug-likeness (QED) is 0.702. The number of nitrogens with zero attached hydrogens (tertiary/aromatic N) is 2. The van der Waals surface area contributed by atoms with Crippen LogP contribution in [0.1, 0.15) is 0 Å². The molecule has 1 heterocycles. The van der Waals surface area contributed by atoms with Crippen LogP contribution in [0, 0.1) is 5.82 Å². The lowest BCUT2D eigenvalue weighted by Gasteiger charge is -2.04. The van der Waals surface area contributed by atoms with Crippen LogP contribution in [0.4, 0.5) is 4.39 Å². The maximum Gasteiger partial charge on any atom is 0.159 e. The summed E-state index contributed by atoms with van der Waals surface area (Å²) >= 11 is 0. The Morgan fingerprint density at radius 3 is 2.58 bits per heavy atom. The van der Waals surface area contributed by atoms with Crippen LogP contribution in [0.15, 0.2) is 48.7 Å². The summed E-state index contributed by atoms with van der Waals surface area (Å²) in [6, 6.07) is 11.7. The molecule has 2 aromatic carbocycles. The van der Waals surface area contributed by atoms with Gasteiger partial charge in [-0.3, -0.25) is 0 Å². The zero-order valence-corrected chi connectivity index (χ0v) is 10.3. The highest BCUT2D eigenvalue weighted by molar-refractivity contribution is 5.81. The molecule has 0 atom stereocenters. The van der Waals surface area contributed by atoms with E-state index in [0.717, 1.165) is 22.2 Å². The Morgan fingerprint density at radius 2 is 1.84 bits per heavy atom. The third-order valence-electron chi connectivity index (χ3n) is 2.89. The number of hydrogen-bond donors (Lipinski definition) is 0. The topological polar surface area (TPSA) is 35.0 Å². The van der Waals surface area contributed by atoms with E-state index in [4.69, 9.17) is 4.74 Å². The number of aromatic nitrogens is 2. The van der Waals surface area contributed by atoms with Crippen molar-refractivity contribution in [2.75, 3.05) is 7.11 Å². The van der Waals surface area contributed by atoms with Gasteiger partial charge in [0, 0.05) is 17.1 Å². The molecule has 0 aliphatic rings. The Hall–Kier alpha value is -2.49. The molecule has 0 N–H and O–H groups in total. The summed E-state index contributed by atoms with van der Waals surface area (Å²) in [7, 11) is 1.62. The minimum absolute atomic E-state index is 0.269. The largest absolute Gasteiger partial charge is 0.497 e. The maximum absolute atomic E-state index is 12.9. The summed E-state index contributed by atoms with van der Waals surface area (Å²) in [6.45, 7) is 0. The van der Waals surface area contributed by atoms with Crippen LogP contribution < -0.4 is 4.74 Å². The van der Waals surface area contributed by atoms with Crippen molar-refractivity contribution in [3.8, 4) is 17.1 Å². The molecule has 0 fully saturated rings. The summed E-state index contributed by atoms with van der Waals surface area (Å²) in [6.07, 6.45) is 1.74. The molecule has 19 heavy (non-hydrogen) atoms. The van der Waals surface area contributed by atoms with E-state index < -0.39 is 0 Å². The molecule has 0 aliphatic heterocycles. The number of ether oxygens (including phenoxy) is 1. The van der Waals surface area contributed by atoms with Gasteiger partial charge in [-0.2, -0.15) is 0 Å². The van der Waals surface area contributed by atoms with Gasteiger partial charge in [0.05, 0.1) is 12.6 Å². The Bertz CT molecular complexity index is 726. The summed E-state index contributed by atoms with van der Waals surface area (Å²) < 4.78 is 18.0. The molecule has 0 aliphatic carbocycles. The monoisotopic (exact) mass is 254 g/mol. The molecule has 0 saturated carbocycles. The van der Waals surface area contributed by atoms with Crippen molar-refractivity contribution in [2.45, 2.75) is 0 Å². The Labute approximate surface area is 109 Å². The van der Waals surface area contributed by atoms with Crippen molar-refractivity contribution in [3.05, 3.63) is 54.5 Å². The molecule has 3 rings (SSSR count). The van der Waals surface area contributed by atoms with E-state index in [-0.39, 0.29) is 5.82 Å². The lowest BCUT2D eigenvalue weighted by atomic mass is 10.2. The van der Waals surface area contributed by atoms with Gasteiger partial charge in [0.15, 0.2) is 5.82 Å². The molecule has 1 aromatic heterocycles. The van der Waals surface area contributed by atoms with Gasteiger partial charge >= 0.3 is 0 Å². The number of fused-ring (bicyclic) bond motifs is 1. The molecule has 0 saturated heterocycles. The first-order chi connectivity index (χ1) is 9.26. The van der Waals surface area contributed by atoms with Gasteiger partial charge < -0.3 is 4.74 Å². The van der Waals surface area contributed by atoms with Crippen LogP contribution in [0.25, 0.3) is 22.3 Å². The molecular formula is C15H11FN2O. The number of methoxy groups -OCH3 is 1. The normalized spacial score (nSPS) is 10.6. The zero-order valence-electron chi connectivity index (χ0n) is 10.3. The first kappa shape index (κ1) is 11.6. The summed E-state index contributed by atoms with van der Waals surface area (Å²) in [5.74, 6) is 1.08. The third-order valence-corrected chi connectivity index (χ3v) is 2.89. The van der Waals surface area contributed by atoms with Crippen LogP contribution in [-0.4, -0.2) is 17.1 Å². The molecule has 0 spiro atoms. The van der Waals surface area contributed by atoms with E-state index in [2.05, 4.69) is 9.97 Å². The fourth-order valence-corrected chi connectivity index (χ4v) is 1.88. The lowest BCUT2D eigenvalue weighted by Crippen LogP contribution is -1.91. The highest BCUT2D eigenvalue weighted by atomic mass is 19.1. The van der Waals surface area contributed by atoms with E-state index in [1.165, 1.54) is 12.1 Å². The summed E-state index contributed by atoms with van der Waals surface area (Å²) in [5, 5.41) is 0.908. The highest BCUT2D eigenvalue weighted by Gasteiger charge is 2.04. The van der Waals surface area contributed by atoms with Crippen LogP contribution in [0.5, 0.6) is 5.75 Å². The molecule has 0 radical (unpaired) electrons. The number of halogens is 1. The molecule has 0 unspecified atom stereocenters. The first-order valence-electron chi connectivity index (χ1n) is 5.83. The SMILES string of the molecule is COc1ccc2nc(-c3ccc(F)cc3)ncc2c1. The molecule has 3 aromatic rings. The molecule has 4 heteroatoms. The van der Waals surface area contributed by atoms with E-state index in [1.807, 2.05) is 18.2 Å². The van der Waals surface area contributed by atoms with Crippen molar-refractivity contribution >= 4 is 10.9 Å². The third kappa shape index (κ3) is 2.25. The number of rotatable bonds is 2. The fraction of sp³-hybridized carbons (Fsp3) is 0.0667. The predicted octanol–water partition coefficient (Wildman–Crippen LogP) is 3.44. The van der Waals surface area contributed by atoms with Crippen LogP contribution in [0.2, 0.25) is 0 Å². The van der Waals surface area contributed by atoms with E-state index in [0.29, 0.717) is 5.82 Å². The second kappa shape index (κ2) is 4.65. The van der Waals surface area contributed by atoms with Gasteiger partial charge in [-0.05, 0) is 42.5 Å². The molecule has 0 bridgehead atoms. The van der Waals surface area contributed by atoms with Crippen molar-refractivity contribution in [1.82, 2.24) is 9.97 Å². The lowest BCUT2D eigenvalue weighted by molar-refractivity contribution is 0.415. The highest BCUT2D eigenvalue weighted by Crippen LogP contribution is 2.22. The van der Waals surface area contributed by atoms with Crippen LogP contribution in [0.3, 0.4) is 0 Å². The minimum atomic E-state index is -0.269. The fourth-order valence-electron chi connectivity index (χ4n) is 1.88.